The Morgan fingerprint density at radius 3 is 2.97 bits per heavy atom. The predicted molar refractivity (Wildman–Crippen MR) is 115 cm³/mol. The van der Waals surface area contributed by atoms with Crippen molar-refractivity contribution in [1.29, 1.82) is 5.26 Å². The molecule has 2 N–H and O–H groups in total. The largest absolute Gasteiger partial charge is 0.482 e. The molecule has 1 atom stereocenters. The molecule has 0 radical (unpaired) electrons. The average molecular weight is 432 g/mol. The molecule has 1 unspecified atom stereocenters. The van der Waals surface area contributed by atoms with E-state index in [0.717, 1.165) is 21.8 Å². The molecule has 1 aromatic carbocycles. The number of thiazole rings is 1. The van der Waals surface area contributed by atoms with Crippen molar-refractivity contribution in [3.05, 3.63) is 63.6 Å². The van der Waals surface area contributed by atoms with Gasteiger partial charge >= 0.3 is 0 Å². The van der Waals surface area contributed by atoms with E-state index in [9.17, 15) is 9.65 Å². The second-order valence-corrected chi connectivity index (χ2v) is 8.24. The summed E-state index contributed by atoms with van der Waals surface area (Å²) in [5.41, 5.74) is 12.6. The Bertz CT molecular complexity index is 1370. The summed E-state index contributed by atoms with van der Waals surface area (Å²) >= 11 is 1.51. The third kappa shape index (κ3) is 3.12. The molecule has 154 valence electrons. The smallest absolute Gasteiger partial charge is 0.170 e. The lowest BCUT2D eigenvalue weighted by Crippen LogP contribution is -2.09. The van der Waals surface area contributed by atoms with Gasteiger partial charge in [0.05, 0.1) is 16.9 Å². The molecule has 1 aliphatic heterocycles. The maximum atomic E-state index is 14.2. The summed E-state index contributed by atoms with van der Waals surface area (Å²) < 4.78 is 22.0. The molecule has 1 aliphatic rings. The molecule has 0 fully saturated rings. The van der Waals surface area contributed by atoms with E-state index in [4.69, 9.17) is 10.5 Å². The second-order valence-electron chi connectivity index (χ2n) is 7.31. The summed E-state index contributed by atoms with van der Waals surface area (Å²) in [6.45, 7) is 1.83. The summed E-state index contributed by atoms with van der Waals surface area (Å²) in [4.78, 5) is 9.84. The van der Waals surface area contributed by atoms with Gasteiger partial charge < -0.3 is 10.5 Å². The fraction of sp³-hybridized carbons (Fsp3) is 0.182. The molecule has 0 aliphatic carbocycles. The summed E-state index contributed by atoms with van der Waals surface area (Å²) in [6.07, 6.45) is 1.61. The molecule has 31 heavy (non-hydrogen) atoms. The van der Waals surface area contributed by atoms with Crippen molar-refractivity contribution in [2.24, 2.45) is 7.05 Å². The van der Waals surface area contributed by atoms with Crippen LogP contribution in [-0.2, 0) is 13.5 Å². The van der Waals surface area contributed by atoms with E-state index in [0.29, 0.717) is 34.6 Å². The number of rotatable bonds is 0. The van der Waals surface area contributed by atoms with Gasteiger partial charge in [0, 0.05) is 46.8 Å². The van der Waals surface area contributed by atoms with Crippen LogP contribution < -0.4 is 10.5 Å². The van der Waals surface area contributed by atoms with Crippen LogP contribution in [-0.4, -0.2) is 19.7 Å². The van der Waals surface area contributed by atoms with E-state index in [1.807, 2.05) is 6.92 Å². The van der Waals surface area contributed by atoms with Gasteiger partial charge in [0.2, 0.25) is 0 Å². The van der Waals surface area contributed by atoms with Crippen LogP contribution in [0.15, 0.2) is 36.0 Å². The number of aromatic nitrogens is 4. The Hall–Kier alpha value is -3.77. The number of nitriles is 1. The minimum absolute atomic E-state index is 0.212. The van der Waals surface area contributed by atoms with E-state index >= 15 is 0 Å². The van der Waals surface area contributed by atoms with Gasteiger partial charge in [0.25, 0.3) is 0 Å². The van der Waals surface area contributed by atoms with Crippen LogP contribution in [0.2, 0.25) is 0 Å². The van der Waals surface area contributed by atoms with E-state index in [1.165, 1.54) is 23.5 Å². The number of halogens is 1. The highest BCUT2D eigenvalue weighted by Gasteiger charge is 2.25. The van der Waals surface area contributed by atoms with Gasteiger partial charge in [-0.15, -0.1) is 11.3 Å². The summed E-state index contributed by atoms with van der Waals surface area (Å²) in [5, 5.41) is 14.1. The topological polar surface area (TPSA) is 103 Å². The lowest BCUT2D eigenvalue weighted by atomic mass is 9.96. The highest BCUT2D eigenvalue weighted by atomic mass is 32.1. The zero-order chi connectivity index (χ0) is 21.7. The molecule has 5 rings (SSSR count). The van der Waals surface area contributed by atoms with E-state index in [1.54, 1.807) is 35.6 Å². The van der Waals surface area contributed by atoms with Gasteiger partial charge in [-0.3, -0.25) is 4.68 Å². The number of aryl methyl sites for hydroxylation is 1. The third-order valence-electron chi connectivity index (χ3n) is 5.42. The van der Waals surface area contributed by atoms with Crippen molar-refractivity contribution in [2.45, 2.75) is 19.4 Å². The maximum Gasteiger partial charge on any atom is 0.170 e. The Balaban J connectivity index is 1.83. The fourth-order valence-corrected chi connectivity index (χ4v) is 4.72. The van der Waals surface area contributed by atoms with Gasteiger partial charge in [0.1, 0.15) is 18.0 Å². The van der Waals surface area contributed by atoms with Crippen molar-refractivity contribution >= 4 is 17.2 Å². The van der Waals surface area contributed by atoms with E-state index in [2.05, 4.69) is 21.1 Å². The lowest BCUT2D eigenvalue weighted by molar-refractivity contribution is 0.227. The number of nitrogens with two attached hydrogens (primary N) is 1. The Labute approximate surface area is 181 Å². The fourth-order valence-electron chi connectivity index (χ4n) is 3.94. The summed E-state index contributed by atoms with van der Waals surface area (Å²) in [5.74, 6) is 0.215. The number of pyridine rings is 1. The average Bonchev–Trinajstić information content (AvgIpc) is 3.33. The zero-order valence-electron chi connectivity index (χ0n) is 16.8. The van der Waals surface area contributed by atoms with Crippen LogP contribution in [0.4, 0.5) is 10.2 Å². The van der Waals surface area contributed by atoms with Crippen molar-refractivity contribution in [3.63, 3.8) is 0 Å². The van der Waals surface area contributed by atoms with Crippen LogP contribution in [0.5, 0.6) is 5.75 Å². The first kappa shape index (κ1) is 19.2. The summed E-state index contributed by atoms with van der Waals surface area (Å²) in [7, 11) is 1.81. The lowest BCUT2D eigenvalue weighted by Gasteiger charge is -2.20. The minimum atomic E-state index is -0.511. The van der Waals surface area contributed by atoms with Crippen molar-refractivity contribution in [1.82, 2.24) is 19.7 Å². The molecule has 0 amide bonds. The predicted octanol–water partition coefficient (Wildman–Crippen LogP) is 4.24. The molecule has 4 heterocycles. The summed E-state index contributed by atoms with van der Waals surface area (Å²) in [6, 6.07) is 8.53. The molecule has 2 bridgehead atoms. The number of ether oxygens (including phenoxy) is 1. The highest BCUT2D eigenvalue weighted by molar-refractivity contribution is 7.10. The van der Waals surface area contributed by atoms with Crippen LogP contribution in [0.3, 0.4) is 0 Å². The number of fused-ring (bicyclic) bond motifs is 7. The van der Waals surface area contributed by atoms with Gasteiger partial charge in [0.15, 0.2) is 17.3 Å². The molecule has 0 spiro atoms. The van der Waals surface area contributed by atoms with E-state index < -0.39 is 6.10 Å². The normalized spacial score (nSPS) is 14.8. The molecular weight excluding hydrogens is 415 g/mol. The Morgan fingerprint density at radius 2 is 2.16 bits per heavy atom. The first-order chi connectivity index (χ1) is 15.0. The van der Waals surface area contributed by atoms with Gasteiger partial charge in [-0.05, 0) is 31.2 Å². The van der Waals surface area contributed by atoms with Gasteiger partial charge in [-0.25, -0.2) is 14.4 Å². The number of benzene rings is 1. The molecule has 9 heteroatoms. The Kier molecular flexibility index (Phi) is 4.45. The van der Waals surface area contributed by atoms with Crippen molar-refractivity contribution < 1.29 is 9.13 Å². The number of nitrogen functional groups attached to an aromatic ring is 1. The van der Waals surface area contributed by atoms with Crippen LogP contribution in [0.25, 0.3) is 22.4 Å². The number of hydrogen-bond acceptors (Lipinski definition) is 7. The molecular formula is C22H17FN6OS. The monoisotopic (exact) mass is 432 g/mol. The number of hydrogen-bond donors (Lipinski definition) is 1. The first-order valence-corrected chi connectivity index (χ1v) is 10.4. The quantitative estimate of drug-likeness (QED) is 0.446. The number of anilines is 1. The van der Waals surface area contributed by atoms with Crippen LogP contribution >= 0.6 is 11.3 Å². The van der Waals surface area contributed by atoms with Gasteiger partial charge in [-0.2, -0.15) is 10.4 Å². The Morgan fingerprint density at radius 1 is 1.32 bits per heavy atom. The van der Waals surface area contributed by atoms with Crippen LogP contribution in [0.1, 0.15) is 34.9 Å². The standard InChI is InChI=1S/C22H17FN6OS/c1-11-15-6-13(23)3-4-14(15)21-19(31-10-27-21)7-17-20(16(8-24)28-29(17)2)12-5-18(30-11)22(25)26-9-12/h3-6,9-11H,7H2,1-2H3,(H2,25,26). The molecule has 3 aromatic heterocycles. The third-order valence-corrected chi connectivity index (χ3v) is 6.25. The highest BCUT2D eigenvalue weighted by Crippen LogP contribution is 2.40. The molecule has 7 nitrogen and oxygen atoms in total. The first-order valence-electron chi connectivity index (χ1n) is 9.57. The van der Waals surface area contributed by atoms with Crippen molar-refractivity contribution in [3.8, 4) is 34.2 Å². The maximum absolute atomic E-state index is 14.2. The molecule has 4 aromatic rings. The zero-order valence-corrected chi connectivity index (χ0v) is 17.6. The van der Waals surface area contributed by atoms with E-state index in [-0.39, 0.29) is 11.6 Å². The van der Waals surface area contributed by atoms with Crippen molar-refractivity contribution in [2.75, 3.05) is 5.73 Å². The molecule has 0 saturated heterocycles. The number of nitrogens with zero attached hydrogens (tertiary/aromatic N) is 5. The minimum Gasteiger partial charge on any atom is -0.482 e. The second kappa shape index (κ2) is 7.18. The molecule has 0 saturated carbocycles. The SMILES string of the molecule is CC1Oc2cc(cnc2N)-c2c(C#N)nn(C)c2Cc2scnc2-c2ccc(F)cc21. The van der Waals surface area contributed by atoms with Crippen LogP contribution in [0, 0.1) is 17.1 Å². The van der Waals surface area contributed by atoms with Gasteiger partial charge in [-0.1, -0.05) is 0 Å².